The summed E-state index contributed by atoms with van der Waals surface area (Å²) < 4.78 is 15.4. The summed E-state index contributed by atoms with van der Waals surface area (Å²) in [6.07, 6.45) is 0. The number of thiazole rings is 1. The van der Waals surface area contributed by atoms with Gasteiger partial charge in [0.05, 0.1) is 22.7 Å². The first-order valence-corrected chi connectivity index (χ1v) is 11.5. The van der Waals surface area contributed by atoms with Crippen LogP contribution >= 0.6 is 27.3 Å². The van der Waals surface area contributed by atoms with Crippen molar-refractivity contribution in [1.29, 1.82) is 0 Å². The Morgan fingerprint density at radius 2 is 1.77 bits per heavy atom. The molecule has 0 spiro atoms. The van der Waals surface area contributed by atoms with E-state index in [1.807, 2.05) is 71.3 Å². The van der Waals surface area contributed by atoms with Crippen LogP contribution in [0.15, 0.2) is 76.2 Å². The first-order chi connectivity index (χ1) is 15.2. The van der Waals surface area contributed by atoms with E-state index in [2.05, 4.69) is 20.9 Å². The van der Waals surface area contributed by atoms with Crippen molar-refractivity contribution in [2.24, 2.45) is 4.99 Å². The van der Waals surface area contributed by atoms with Gasteiger partial charge in [0.25, 0.3) is 5.91 Å². The molecule has 0 saturated heterocycles. The molecule has 156 valence electrons. The molecule has 2 heterocycles. The molecule has 7 heteroatoms. The summed E-state index contributed by atoms with van der Waals surface area (Å²) in [5.41, 5.74) is 2.70. The molecular weight excluding hydrogens is 476 g/mol. The zero-order chi connectivity index (χ0) is 21.4. The van der Waals surface area contributed by atoms with Crippen LogP contribution in [0.1, 0.15) is 17.0 Å². The number of fused-ring (bicyclic) bond motifs is 3. The number of benzene rings is 3. The number of rotatable bonds is 4. The summed E-state index contributed by atoms with van der Waals surface area (Å²) in [6.45, 7) is 1.15. The van der Waals surface area contributed by atoms with Gasteiger partial charge in [0.15, 0.2) is 4.80 Å². The van der Waals surface area contributed by atoms with Gasteiger partial charge in [0, 0.05) is 29.3 Å². The fourth-order valence-corrected chi connectivity index (χ4v) is 5.48. The maximum atomic E-state index is 13.6. The van der Waals surface area contributed by atoms with Gasteiger partial charge in [-0.15, -0.1) is 0 Å². The van der Waals surface area contributed by atoms with Gasteiger partial charge in [0.2, 0.25) is 0 Å². The second kappa shape index (κ2) is 8.42. The molecule has 0 unspecified atom stereocenters. The van der Waals surface area contributed by atoms with Crippen molar-refractivity contribution in [3.05, 3.63) is 87.1 Å². The number of carbonyl (C=O) groups is 1. The minimum absolute atomic E-state index is 0.208. The lowest BCUT2D eigenvalue weighted by atomic mass is 9.87. The second-order valence-corrected chi connectivity index (χ2v) is 9.13. The summed E-state index contributed by atoms with van der Waals surface area (Å²) in [5.74, 6) is 0.679. The molecule has 5 rings (SSSR count). The van der Waals surface area contributed by atoms with Crippen LogP contribution in [-0.4, -0.2) is 24.2 Å². The zero-order valence-electron chi connectivity index (χ0n) is 16.7. The van der Waals surface area contributed by atoms with Gasteiger partial charge < -0.3 is 14.0 Å². The van der Waals surface area contributed by atoms with Gasteiger partial charge >= 0.3 is 0 Å². The zero-order valence-corrected chi connectivity index (χ0v) is 19.2. The highest BCUT2D eigenvalue weighted by Gasteiger charge is 2.32. The fourth-order valence-electron chi connectivity index (χ4n) is 3.87. The van der Waals surface area contributed by atoms with Crippen LogP contribution in [-0.2, 0) is 16.1 Å². The quantitative estimate of drug-likeness (QED) is 0.377. The van der Waals surface area contributed by atoms with Crippen molar-refractivity contribution >= 4 is 43.4 Å². The van der Waals surface area contributed by atoms with Crippen LogP contribution in [0.3, 0.4) is 0 Å². The van der Waals surface area contributed by atoms with Crippen LogP contribution in [0.4, 0.5) is 0 Å². The smallest absolute Gasteiger partial charge is 0.260 e. The van der Waals surface area contributed by atoms with Crippen molar-refractivity contribution < 1.29 is 14.3 Å². The Bertz CT molecular complexity index is 1310. The average Bonchev–Trinajstić information content (AvgIpc) is 3.11. The number of hydrogen-bond acceptors (Lipinski definition) is 4. The van der Waals surface area contributed by atoms with E-state index in [0.29, 0.717) is 29.5 Å². The number of aromatic nitrogens is 1. The molecule has 1 aliphatic rings. The number of nitrogens with zero attached hydrogens (tertiary/aromatic N) is 2. The fraction of sp³-hybridized carbons (Fsp3) is 0.167. The molecular formula is C24H19BrN2O3S. The summed E-state index contributed by atoms with van der Waals surface area (Å²) in [5, 5.41) is 0. The number of halogens is 1. The summed E-state index contributed by atoms with van der Waals surface area (Å²) in [7, 11) is 1.67. The lowest BCUT2D eigenvalue weighted by molar-refractivity contribution is -0.118. The number of para-hydroxylation sites is 2. The van der Waals surface area contributed by atoms with Crippen LogP contribution in [0.2, 0.25) is 0 Å². The number of hydrogen-bond donors (Lipinski definition) is 0. The van der Waals surface area contributed by atoms with Gasteiger partial charge in [-0.25, -0.2) is 0 Å². The molecule has 0 radical (unpaired) electrons. The van der Waals surface area contributed by atoms with Crippen molar-refractivity contribution in [2.45, 2.75) is 12.5 Å². The monoisotopic (exact) mass is 494 g/mol. The van der Waals surface area contributed by atoms with Gasteiger partial charge in [-0.2, -0.15) is 4.99 Å². The van der Waals surface area contributed by atoms with Crippen molar-refractivity contribution in [3.63, 3.8) is 0 Å². The SMILES string of the molecule is COCCn1c(=NC(=O)C2c3ccccc3Oc3ccccc32)sc2cc(Br)ccc21. The van der Waals surface area contributed by atoms with E-state index in [0.717, 1.165) is 25.8 Å². The molecule has 5 nitrogen and oxygen atoms in total. The van der Waals surface area contributed by atoms with E-state index in [4.69, 9.17) is 9.47 Å². The summed E-state index contributed by atoms with van der Waals surface area (Å²) in [6, 6.07) is 21.4. The van der Waals surface area contributed by atoms with Gasteiger partial charge in [-0.05, 0) is 30.3 Å². The number of methoxy groups -OCH3 is 1. The van der Waals surface area contributed by atoms with Crippen molar-refractivity contribution in [2.75, 3.05) is 13.7 Å². The highest BCUT2D eigenvalue weighted by molar-refractivity contribution is 9.10. The minimum Gasteiger partial charge on any atom is -0.457 e. The predicted octanol–water partition coefficient (Wildman–Crippen LogP) is 5.48. The number of ether oxygens (including phenoxy) is 2. The van der Waals surface area contributed by atoms with Crippen LogP contribution in [0.25, 0.3) is 10.2 Å². The van der Waals surface area contributed by atoms with Gasteiger partial charge in [-0.3, -0.25) is 4.79 Å². The third kappa shape index (κ3) is 3.73. The Balaban J connectivity index is 1.66. The molecule has 0 atom stereocenters. The average molecular weight is 495 g/mol. The Kier molecular flexibility index (Phi) is 5.48. The molecule has 1 amide bonds. The molecule has 31 heavy (non-hydrogen) atoms. The van der Waals surface area contributed by atoms with E-state index in [-0.39, 0.29) is 5.91 Å². The third-order valence-corrected chi connectivity index (χ3v) is 6.83. The normalized spacial score (nSPS) is 13.7. The second-order valence-electron chi connectivity index (χ2n) is 7.20. The van der Waals surface area contributed by atoms with Crippen LogP contribution in [0.5, 0.6) is 11.5 Å². The standard InChI is InChI=1S/C24H19BrN2O3S/c1-29-13-12-27-18-11-10-15(25)14-21(18)31-24(27)26-23(28)22-16-6-2-4-8-19(16)30-20-9-5-3-7-17(20)22/h2-11,14,22H,12-13H2,1H3. The third-order valence-electron chi connectivity index (χ3n) is 5.30. The molecule has 3 aromatic carbocycles. The van der Waals surface area contributed by atoms with Crippen LogP contribution in [0, 0.1) is 0 Å². The highest BCUT2D eigenvalue weighted by Crippen LogP contribution is 2.44. The first kappa shape index (κ1) is 20.2. The van der Waals surface area contributed by atoms with E-state index in [9.17, 15) is 4.79 Å². The molecule has 0 saturated carbocycles. The highest BCUT2D eigenvalue weighted by atomic mass is 79.9. The van der Waals surface area contributed by atoms with E-state index < -0.39 is 5.92 Å². The molecule has 4 aromatic rings. The molecule has 0 bridgehead atoms. The predicted molar refractivity (Wildman–Crippen MR) is 125 cm³/mol. The van der Waals surface area contributed by atoms with Crippen molar-refractivity contribution in [3.8, 4) is 11.5 Å². The Labute approximate surface area is 191 Å². The summed E-state index contributed by atoms with van der Waals surface area (Å²) in [4.78, 5) is 18.9. The lowest BCUT2D eigenvalue weighted by Gasteiger charge is -2.25. The largest absolute Gasteiger partial charge is 0.457 e. The van der Waals surface area contributed by atoms with E-state index in [1.54, 1.807) is 7.11 Å². The molecule has 0 aliphatic carbocycles. The van der Waals surface area contributed by atoms with E-state index in [1.165, 1.54) is 11.3 Å². The Morgan fingerprint density at radius 1 is 1.10 bits per heavy atom. The van der Waals surface area contributed by atoms with Gasteiger partial charge in [0.1, 0.15) is 11.5 Å². The van der Waals surface area contributed by atoms with Crippen LogP contribution < -0.4 is 9.54 Å². The van der Waals surface area contributed by atoms with E-state index >= 15 is 0 Å². The maximum absolute atomic E-state index is 13.6. The maximum Gasteiger partial charge on any atom is 0.260 e. The number of amides is 1. The van der Waals surface area contributed by atoms with Gasteiger partial charge in [-0.1, -0.05) is 63.7 Å². The Hall–Kier alpha value is -2.74. The Morgan fingerprint density at radius 3 is 2.45 bits per heavy atom. The molecule has 0 N–H and O–H groups in total. The first-order valence-electron chi connectivity index (χ1n) is 9.88. The molecule has 1 aliphatic heterocycles. The molecule has 0 fully saturated rings. The summed E-state index contributed by atoms with van der Waals surface area (Å²) >= 11 is 5.03. The van der Waals surface area contributed by atoms with Crippen molar-refractivity contribution in [1.82, 2.24) is 4.57 Å². The molecule has 1 aromatic heterocycles. The lowest BCUT2D eigenvalue weighted by Crippen LogP contribution is -2.23. The number of carbonyl (C=O) groups excluding carboxylic acids is 1. The minimum atomic E-state index is -0.506. The topological polar surface area (TPSA) is 52.8 Å².